The first-order valence-electron chi connectivity index (χ1n) is 8.71. The Kier molecular flexibility index (Phi) is 4.93. The molecular formula is C19H18N4O4S. The molecule has 2 atom stereocenters. The number of carbonyl (C=O) groups is 2. The molecule has 1 aromatic carbocycles. The molecule has 9 heteroatoms. The summed E-state index contributed by atoms with van der Waals surface area (Å²) in [6, 6.07) is 12.2. The summed E-state index contributed by atoms with van der Waals surface area (Å²) in [6.45, 7) is 0.195. The molecule has 144 valence electrons. The van der Waals surface area contributed by atoms with Crippen LogP contribution in [0.1, 0.15) is 17.0 Å². The number of hydrogen-bond donors (Lipinski definition) is 1. The Morgan fingerprint density at radius 2 is 2.00 bits per heavy atom. The fourth-order valence-electron chi connectivity index (χ4n) is 3.27. The number of aliphatic carboxylic acids is 1. The molecule has 28 heavy (non-hydrogen) atoms. The monoisotopic (exact) mass is 398 g/mol. The van der Waals surface area contributed by atoms with Crippen molar-refractivity contribution in [1.82, 2.24) is 19.7 Å². The number of carboxylic acids is 1. The van der Waals surface area contributed by atoms with Gasteiger partial charge in [-0.15, -0.1) is 16.4 Å². The minimum Gasteiger partial charge on any atom is -0.480 e. The average Bonchev–Trinajstić information content (AvgIpc) is 3.46. The smallest absolute Gasteiger partial charge is 0.326 e. The second kappa shape index (κ2) is 7.53. The highest BCUT2D eigenvalue weighted by Gasteiger charge is 2.41. The second-order valence-corrected chi connectivity index (χ2v) is 7.34. The summed E-state index contributed by atoms with van der Waals surface area (Å²) in [5.74, 6) is -1.07. The maximum atomic E-state index is 13.1. The maximum Gasteiger partial charge on any atom is 0.326 e. The fraction of sp³-hybridized carbons (Fsp3) is 0.263. The number of amides is 1. The van der Waals surface area contributed by atoms with Crippen LogP contribution in [0.15, 0.2) is 47.8 Å². The van der Waals surface area contributed by atoms with Crippen LogP contribution in [-0.4, -0.2) is 62.4 Å². The minimum atomic E-state index is -1.06. The predicted molar refractivity (Wildman–Crippen MR) is 103 cm³/mol. The number of carbonyl (C=O) groups excluding carboxylic acids is 1. The van der Waals surface area contributed by atoms with E-state index in [9.17, 15) is 14.7 Å². The summed E-state index contributed by atoms with van der Waals surface area (Å²) in [5.41, 5.74) is 0.767. The van der Waals surface area contributed by atoms with Crippen molar-refractivity contribution in [2.45, 2.75) is 18.6 Å². The van der Waals surface area contributed by atoms with Gasteiger partial charge in [-0.3, -0.25) is 4.79 Å². The van der Waals surface area contributed by atoms with Crippen LogP contribution >= 0.6 is 11.3 Å². The molecule has 2 aromatic heterocycles. The first-order valence-corrected chi connectivity index (χ1v) is 9.59. The van der Waals surface area contributed by atoms with Crippen molar-refractivity contribution >= 4 is 23.2 Å². The van der Waals surface area contributed by atoms with Crippen molar-refractivity contribution in [3.05, 3.63) is 53.7 Å². The average molecular weight is 398 g/mol. The van der Waals surface area contributed by atoms with E-state index in [1.54, 1.807) is 4.68 Å². The molecule has 1 amide bonds. The lowest BCUT2D eigenvalue weighted by Crippen LogP contribution is -2.41. The van der Waals surface area contributed by atoms with Gasteiger partial charge in [0.2, 0.25) is 5.82 Å². The quantitative estimate of drug-likeness (QED) is 0.708. The highest BCUT2D eigenvalue weighted by Crippen LogP contribution is 2.27. The Morgan fingerprint density at radius 1 is 1.21 bits per heavy atom. The topological polar surface area (TPSA) is 97.5 Å². The van der Waals surface area contributed by atoms with Crippen LogP contribution in [0.4, 0.5) is 0 Å². The summed E-state index contributed by atoms with van der Waals surface area (Å²) in [7, 11) is 1.51. The second-order valence-electron chi connectivity index (χ2n) is 6.39. The van der Waals surface area contributed by atoms with Gasteiger partial charge in [-0.25, -0.2) is 14.5 Å². The largest absolute Gasteiger partial charge is 0.480 e. The van der Waals surface area contributed by atoms with Gasteiger partial charge in [0.25, 0.3) is 5.91 Å². The van der Waals surface area contributed by atoms with Crippen LogP contribution < -0.4 is 0 Å². The van der Waals surface area contributed by atoms with Crippen molar-refractivity contribution in [2.75, 3.05) is 13.7 Å². The van der Waals surface area contributed by atoms with E-state index in [0.717, 1.165) is 10.6 Å². The Morgan fingerprint density at radius 3 is 2.64 bits per heavy atom. The zero-order valence-corrected chi connectivity index (χ0v) is 15.9. The summed E-state index contributed by atoms with van der Waals surface area (Å²) in [4.78, 5) is 31.3. The van der Waals surface area contributed by atoms with Gasteiger partial charge < -0.3 is 14.7 Å². The predicted octanol–water partition coefficient (Wildman–Crippen LogP) is 2.31. The molecule has 8 nitrogen and oxygen atoms in total. The standard InChI is InChI=1S/C19H18N4O4S/c1-27-13-10-14(19(25)26)22(11-13)18(24)16-20-17(15-8-5-9-28-15)23(21-16)12-6-3-2-4-7-12/h2-9,13-14H,10-11H2,1H3,(H,25,26). The number of nitrogens with zero attached hydrogens (tertiary/aromatic N) is 4. The Bertz CT molecular complexity index is 987. The van der Waals surface area contributed by atoms with Crippen LogP contribution in [0.25, 0.3) is 16.4 Å². The summed E-state index contributed by atoms with van der Waals surface area (Å²) < 4.78 is 6.87. The molecular weight excluding hydrogens is 380 g/mol. The first kappa shape index (κ1) is 18.3. The van der Waals surface area contributed by atoms with Gasteiger partial charge in [0.1, 0.15) is 6.04 Å². The molecule has 1 fully saturated rings. The number of aromatic nitrogens is 3. The number of likely N-dealkylation sites (tertiary alicyclic amines) is 1. The van der Waals surface area contributed by atoms with Crippen LogP contribution in [0.3, 0.4) is 0 Å². The Labute approximate surface area is 165 Å². The lowest BCUT2D eigenvalue weighted by atomic mass is 10.2. The highest BCUT2D eigenvalue weighted by molar-refractivity contribution is 7.13. The van der Waals surface area contributed by atoms with E-state index in [2.05, 4.69) is 10.1 Å². The minimum absolute atomic E-state index is 0.0322. The van der Waals surface area contributed by atoms with Crippen LogP contribution in [-0.2, 0) is 9.53 Å². The molecule has 0 radical (unpaired) electrons. The molecule has 2 unspecified atom stereocenters. The molecule has 0 spiro atoms. The number of rotatable bonds is 5. The number of benzene rings is 1. The van der Waals surface area contributed by atoms with Crippen molar-refractivity contribution in [1.29, 1.82) is 0 Å². The van der Waals surface area contributed by atoms with Gasteiger partial charge >= 0.3 is 5.97 Å². The Balaban J connectivity index is 1.74. The molecule has 0 aliphatic carbocycles. The Hall–Kier alpha value is -3.04. The van der Waals surface area contributed by atoms with E-state index in [-0.39, 0.29) is 24.9 Å². The maximum absolute atomic E-state index is 13.1. The highest BCUT2D eigenvalue weighted by atomic mass is 32.1. The molecule has 1 N–H and O–H groups in total. The number of para-hydroxylation sites is 1. The summed E-state index contributed by atoms with van der Waals surface area (Å²) in [5, 5.41) is 15.8. The lowest BCUT2D eigenvalue weighted by molar-refractivity contribution is -0.141. The third-order valence-corrected chi connectivity index (χ3v) is 5.55. The normalized spacial score (nSPS) is 19.1. The summed E-state index contributed by atoms with van der Waals surface area (Å²) in [6.07, 6.45) is -0.0765. The van der Waals surface area contributed by atoms with Crippen LogP contribution in [0, 0.1) is 0 Å². The number of methoxy groups -OCH3 is 1. The van der Waals surface area contributed by atoms with E-state index in [0.29, 0.717) is 5.82 Å². The number of ether oxygens (including phenoxy) is 1. The van der Waals surface area contributed by atoms with Crippen molar-refractivity contribution < 1.29 is 19.4 Å². The number of thiophene rings is 1. The van der Waals surface area contributed by atoms with Gasteiger partial charge in [-0.1, -0.05) is 24.3 Å². The number of carboxylic acid groups (broad SMARTS) is 1. The molecule has 4 rings (SSSR count). The van der Waals surface area contributed by atoms with Crippen LogP contribution in [0.2, 0.25) is 0 Å². The molecule has 1 saturated heterocycles. The molecule has 3 aromatic rings. The fourth-order valence-corrected chi connectivity index (χ4v) is 3.97. The van der Waals surface area contributed by atoms with Gasteiger partial charge in [0.05, 0.1) is 16.7 Å². The van der Waals surface area contributed by atoms with E-state index in [4.69, 9.17) is 4.74 Å². The molecule has 1 aliphatic rings. The van der Waals surface area contributed by atoms with Crippen molar-refractivity contribution in [2.24, 2.45) is 0 Å². The van der Waals surface area contributed by atoms with E-state index in [1.807, 2.05) is 47.8 Å². The molecule has 3 heterocycles. The van der Waals surface area contributed by atoms with Gasteiger partial charge in [0, 0.05) is 20.1 Å². The lowest BCUT2D eigenvalue weighted by Gasteiger charge is -2.19. The SMILES string of the molecule is COC1CC(C(=O)O)N(C(=O)c2nc(-c3cccs3)n(-c3ccccc3)n2)C1. The van der Waals surface area contributed by atoms with E-state index >= 15 is 0 Å². The third kappa shape index (κ3) is 3.30. The third-order valence-electron chi connectivity index (χ3n) is 4.68. The van der Waals surface area contributed by atoms with Gasteiger partial charge in [-0.05, 0) is 23.6 Å². The van der Waals surface area contributed by atoms with Gasteiger partial charge in [0.15, 0.2) is 5.82 Å². The zero-order valence-electron chi connectivity index (χ0n) is 15.1. The zero-order chi connectivity index (χ0) is 19.7. The van der Waals surface area contributed by atoms with Crippen molar-refractivity contribution in [3.63, 3.8) is 0 Å². The van der Waals surface area contributed by atoms with Crippen molar-refractivity contribution in [3.8, 4) is 16.4 Å². The molecule has 1 aliphatic heterocycles. The number of hydrogen-bond acceptors (Lipinski definition) is 6. The van der Waals surface area contributed by atoms with Gasteiger partial charge in [-0.2, -0.15) is 0 Å². The van der Waals surface area contributed by atoms with Crippen LogP contribution in [0.5, 0.6) is 0 Å². The molecule has 0 bridgehead atoms. The van der Waals surface area contributed by atoms with E-state index < -0.39 is 17.9 Å². The molecule has 0 saturated carbocycles. The summed E-state index contributed by atoms with van der Waals surface area (Å²) >= 11 is 1.49. The van der Waals surface area contributed by atoms with E-state index in [1.165, 1.54) is 23.3 Å². The first-order chi connectivity index (χ1) is 13.6.